The van der Waals surface area contributed by atoms with Crippen molar-refractivity contribution in [1.29, 1.82) is 0 Å². The minimum atomic E-state index is 0.578. The van der Waals surface area contributed by atoms with E-state index >= 15 is 0 Å². The quantitative estimate of drug-likeness (QED) is 0.177. The van der Waals surface area contributed by atoms with Gasteiger partial charge in [-0.1, -0.05) is 140 Å². The lowest BCUT2D eigenvalue weighted by Crippen LogP contribution is -2.06. The number of benzene rings is 8. The van der Waals surface area contributed by atoms with Crippen LogP contribution in [0.3, 0.4) is 0 Å². The molecule has 266 valence electrons. The van der Waals surface area contributed by atoms with E-state index < -0.39 is 0 Å². The Hall–Kier alpha value is -7.83. The van der Waals surface area contributed by atoms with Crippen molar-refractivity contribution in [2.75, 3.05) is 0 Å². The number of fused-ring (bicyclic) bond motifs is 10. The van der Waals surface area contributed by atoms with Crippen LogP contribution in [0.5, 0.6) is 0 Å². The fraction of sp³-hybridized carbons (Fsp3) is 0. The molecule has 6 nitrogen and oxygen atoms in total. The van der Waals surface area contributed by atoms with Crippen LogP contribution in [0.2, 0.25) is 0 Å². The Morgan fingerprint density at radius 3 is 1.21 bits per heavy atom. The van der Waals surface area contributed by atoms with Gasteiger partial charge in [-0.2, -0.15) is 9.97 Å². The van der Waals surface area contributed by atoms with Crippen molar-refractivity contribution in [1.82, 2.24) is 28.7 Å². The summed E-state index contributed by atoms with van der Waals surface area (Å²) in [6, 6.07) is 68.4. The summed E-state index contributed by atoms with van der Waals surface area (Å²) < 4.78 is 7.00. The molecule has 12 rings (SSSR count). The highest BCUT2D eigenvalue weighted by atomic mass is 15.2. The molecule has 0 atom stereocenters. The van der Waals surface area contributed by atoms with E-state index in [1.165, 1.54) is 21.8 Å². The van der Waals surface area contributed by atoms with E-state index in [9.17, 15) is 0 Å². The van der Waals surface area contributed by atoms with Gasteiger partial charge in [0.2, 0.25) is 5.95 Å². The van der Waals surface area contributed by atoms with Crippen LogP contribution in [0.1, 0.15) is 0 Å². The van der Waals surface area contributed by atoms with Gasteiger partial charge in [-0.3, -0.25) is 4.57 Å². The summed E-state index contributed by atoms with van der Waals surface area (Å²) in [5.41, 5.74) is 10.8. The lowest BCUT2D eigenvalue weighted by molar-refractivity contribution is 0.955. The maximum absolute atomic E-state index is 5.23. The van der Waals surface area contributed by atoms with Gasteiger partial charge in [0.1, 0.15) is 0 Å². The van der Waals surface area contributed by atoms with Crippen molar-refractivity contribution in [2.45, 2.75) is 0 Å². The van der Waals surface area contributed by atoms with E-state index in [0.29, 0.717) is 17.6 Å². The number of hydrogen-bond acceptors (Lipinski definition) is 3. The summed E-state index contributed by atoms with van der Waals surface area (Å²) in [6.07, 6.45) is 0. The molecule has 0 N–H and O–H groups in total. The van der Waals surface area contributed by atoms with Gasteiger partial charge in [-0.05, 0) is 54.6 Å². The Labute approximate surface area is 327 Å². The third-order valence-electron chi connectivity index (χ3n) is 11.3. The number of hydrogen-bond donors (Lipinski definition) is 0. The number of nitrogens with zero attached hydrogens (tertiary/aromatic N) is 6. The largest absolute Gasteiger partial charge is 0.309 e. The predicted molar refractivity (Wildman–Crippen MR) is 234 cm³/mol. The normalized spacial score (nSPS) is 11.9. The van der Waals surface area contributed by atoms with Crippen molar-refractivity contribution >= 4 is 65.4 Å². The molecule has 0 fully saturated rings. The lowest BCUT2D eigenvalue weighted by atomic mass is 10.1. The average Bonchev–Trinajstić information content (AvgIpc) is 3.93. The van der Waals surface area contributed by atoms with Crippen molar-refractivity contribution < 1.29 is 0 Å². The molecule has 0 unspecified atom stereocenters. The zero-order chi connectivity index (χ0) is 37.5. The Kier molecular flexibility index (Phi) is 6.83. The third-order valence-corrected chi connectivity index (χ3v) is 11.3. The first-order valence-corrected chi connectivity index (χ1v) is 19.2. The van der Waals surface area contributed by atoms with Crippen molar-refractivity contribution in [3.05, 3.63) is 194 Å². The van der Waals surface area contributed by atoms with Crippen LogP contribution in [0, 0.1) is 0 Å². The second-order valence-electron chi connectivity index (χ2n) is 14.5. The van der Waals surface area contributed by atoms with E-state index in [2.05, 4.69) is 171 Å². The molecule has 0 amide bonds. The summed E-state index contributed by atoms with van der Waals surface area (Å²) in [5, 5.41) is 7.10. The molecule has 0 bridgehead atoms. The first-order valence-electron chi connectivity index (χ1n) is 19.2. The minimum Gasteiger partial charge on any atom is -0.309 e. The summed E-state index contributed by atoms with van der Waals surface area (Å²) in [7, 11) is 0. The molecular formula is C51H32N6. The molecular weight excluding hydrogens is 697 g/mol. The maximum Gasteiger partial charge on any atom is 0.238 e. The van der Waals surface area contributed by atoms with Gasteiger partial charge in [0.25, 0.3) is 0 Å². The van der Waals surface area contributed by atoms with Gasteiger partial charge in [-0.25, -0.2) is 4.98 Å². The number of rotatable bonds is 5. The lowest BCUT2D eigenvalue weighted by Gasteiger charge is -2.12. The number of para-hydroxylation sites is 4. The second-order valence-corrected chi connectivity index (χ2v) is 14.5. The molecule has 0 saturated heterocycles. The van der Waals surface area contributed by atoms with Gasteiger partial charge in [-0.15, -0.1) is 0 Å². The monoisotopic (exact) mass is 728 g/mol. The highest BCUT2D eigenvalue weighted by molar-refractivity contribution is 6.26. The molecule has 6 heteroatoms. The summed E-state index contributed by atoms with van der Waals surface area (Å²) in [5.74, 6) is 1.83. The molecule has 57 heavy (non-hydrogen) atoms. The van der Waals surface area contributed by atoms with Crippen LogP contribution in [-0.2, 0) is 0 Å². The average molecular weight is 729 g/mol. The molecule has 12 aromatic rings. The predicted octanol–water partition coefficient (Wildman–Crippen LogP) is 12.5. The molecule has 0 aliphatic carbocycles. The maximum atomic E-state index is 5.23. The van der Waals surface area contributed by atoms with Crippen LogP contribution in [-0.4, -0.2) is 28.7 Å². The highest BCUT2D eigenvalue weighted by Gasteiger charge is 2.23. The van der Waals surface area contributed by atoms with Crippen LogP contribution in [0.25, 0.3) is 106 Å². The van der Waals surface area contributed by atoms with Crippen LogP contribution in [0.4, 0.5) is 0 Å². The SMILES string of the molecule is c1ccc(-c2nc(-c3ccccc3)nc(-n3c4ccccc4c4ccc5c(c6ccccc6n5-c5ccc(-n6c7ccccc7c7ccccc76)cc5)c43)n2)cc1. The fourth-order valence-electron chi connectivity index (χ4n) is 8.84. The molecule has 0 spiro atoms. The van der Waals surface area contributed by atoms with Crippen LogP contribution < -0.4 is 0 Å². The van der Waals surface area contributed by atoms with Crippen LogP contribution >= 0.6 is 0 Å². The van der Waals surface area contributed by atoms with Crippen molar-refractivity contribution in [3.8, 4) is 40.1 Å². The molecule has 4 heterocycles. The Morgan fingerprint density at radius 1 is 0.281 bits per heavy atom. The van der Waals surface area contributed by atoms with E-state index in [1.807, 2.05) is 36.4 Å². The van der Waals surface area contributed by atoms with Crippen molar-refractivity contribution in [2.24, 2.45) is 0 Å². The highest BCUT2D eigenvalue weighted by Crippen LogP contribution is 2.42. The molecule has 0 aliphatic heterocycles. The van der Waals surface area contributed by atoms with Gasteiger partial charge >= 0.3 is 0 Å². The first-order chi connectivity index (χ1) is 28.3. The zero-order valence-corrected chi connectivity index (χ0v) is 30.7. The van der Waals surface area contributed by atoms with Crippen LogP contribution in [0.15, 0.2) is 194 Å². The summed E-state index contributed by atoms with van der Waals surface area (Å²) in [4.78, 5) is 15.5. The zero-order valence-electron chi connectivity index (χ0n) is 30.7. The topological polar surface area (TPSA) is 53.5 Å². The molecule has 0 radical (unpaired) electrons. The Balaban J connectivity index is 1.12. The van der Waals surface area contributed by atoms with E-state index in [4.69, 9.17) is 15.0 Å². The number of aromatic nitrogens is 6. The fourth-order valence-corrected chi connectivity index (χ4v) is 8.84. The van der Waals surface area contributed by atoms with Crippen molar-refractivity contribution in [3.63, 3.8) is 0 Å². The first kappa shape index (κ1) is 31.5. The van der Waals surface area contributed by atoms with E-state index in [-0.39, 0.29) is 0 Å². The summed E-state index contributed by atoms with van der Waals surface area (Å²) in [6.45, 7) is 0. The van der Waals surface area contributed by atoms with Gasteiger partial charge in [0.05, 0.1) is 33.1 Å². The van der Waals surface area contributed by atoms with E-state index in [0.717, 1.165) is 66.1 Å². The minimum absolute atomic E-state index is 0.578. The van der Waals surface area contributed by atoms with E-state index in [1.54, 1.807) is 0 Å². The third kappa shape index (κ3) is 4.74. The van der Waals surface area contributed by atoms with Gasteiger partial charge < -0.3 is 9.13 Å². The standard InChI is InChI=1S/C51H32N6/c1-3-15-33(16-4-1)49-52-50(34-17-5-2-6-18-34)54-51(53-49)57-44-25-13-9-21-39(44)40-31-32-46-47(48(40)57)41-22-10-14-26-45(41)56(46)36-29-27-35(28-30-36)55-42-23-11-7-19-37(42)38-20-8-12-24-43(38)55/h1-32H. The van der Waals surface area contributed by atoms with Gasteiger partial charge in [0.15, 0.2) is 11.6 Å². The molecule has 8 aromatic carbocycles. The molecule has 0 saturated carbocycles. The summed E-state index contributed by atoms with van der Waals surface area (Å²) >= 11 is 0. The second kappa shape index (κ2) is 12.3. The molecule has 4 aromatic heterocycles. The Bertz CT molecular complexity index is 3390. The Morgan fingerprint density at radius 2 is 0.684 bits per heavy atom. The molecule has 0 aliphatic rings. The smallest absolute Gasteiger partial charge is 0.238 e. The van der Waals surface area contributed by atoms with Gasteiger partial charge in [0, 0.05) is 54.8 Å².